The van der Waals surface area contributed by atoms with Gasteiger partial charge in [0.2, 0.25) is 0 Å². The highest BCUT2D eigenvalue weighted by molar-refractivity contribution is 5.59. The molecule has 2 aliphatic rings. The fourth-order valence-electron chi connectivity index (χ4n) is 2.07. The number of hydrogen-bond acceptors (Lipinski definition) is 5. The Labute approximate surface area is 94.3 Å². The van der Waals surface area contributed by atoms with Crippen molar-refractivity contribution < 1.29 is 23.7 Å². The number of methoxy groups -OCH3 is 1. The Balaban J connectivity index is 1.62. The predicted molar refractivity (Wildman–Crippen MR) is 54.8 cm³/mol. The lowest BCUT2D eigenvalue weighted by molar-refractivity contribution is 0.0666. The van der Waals surface area contributed by atoms with Crippen LogP contribution >= 0.6 is 0 Å². The molecular formula is C11H16O5. The highest BCUT2D eigenvalue weighted by Crippen LogP contribution is 2.31. The van der Waals surface area contributed by atoms with Gasteiger partial charge in [-0.25, -0.2) is 4.79 Å². The van der Waals surface area contributed by atoms with Gasteiger partial charge in [0.05, 0.1) is 26.6 Å². The second-order valence-electron chi connectivity index (χ2n) is 3.93. The maximum absolute atomic E-state index is 10.7. The summed E-state index contributed by atoms with van der Waals surface area (Å²) in [5, 5.41) is 0. The largest absolute Gasteiger partial charge is 0.507 e. The van der Waals surface area contributed by atoms with Crippen molar-refractivity contribution in [1.82, 2.24) is 0 Å². The molecule has 0 aromatic heterocycles. The third kappa shape index (κ3) is 2.47. The van der Waals surface area contributed by atoms with Crippen LogP contribution in [-0.2, 0) is 18.9 Å². The average Bonchev–Trinajstić information content (AvgIpc) is 2.87. The van der Waals surface area contributed by atoms with Crippen molar-refractivity contribution in [3.8, 4) is 0 Å². The highest BCUT2D eigenvalue weighted by Gasteiger charge is 2.39. The first-order chi connectivity index (χ1) is 7.81. The molecule has 90 valence electrons. The van der Waals surface area contributed by atoms with Crippen molar-refractivity contribution in [2.75, 3.05) is 20.3 Å². The van der Waals surface area contributed by atoms with Crippen molar-refractivity contribution >= 4 is 6.16 Å². The SMILES string of the molecule is COC(=O)OCCCC1CO[C@@H]2C=CO[C@H]12. The normalized spacial score (nSPS) is 30.9. The molecule has 1 unspecified atom stereocenters. The molecule has 2 rings (SSSR count). The summed E-state index contributed by atoms with van der Waals surface area (Å²) in [5.74, 6) is 0.390. The molecule has 1 saturated heterocycles. The lowest BCUT2D eigenvalue weighted by atomic mass is 9.97. The number of fused-ring (bicyclic) bond motifs is 1. The highest BCUT2D eigenvalue weighted by atomic mass is 16.7. The number of carbonyl (C=O) groups excluding carboxylic acids is 1. The van der Waals surface area contributed by atoms with Crippen LogP contribution in [0.1, 0.15) is 12.8 Å². The van der Waals surface area contributed by atoms with Crippen LogP contribution in [0.3, 0.4) is 0 Å². The quantitative estimate of drug-likeness (QED) is 0.539. The van der Waals surface area contributed by atoms with Crippen LogP contribution in [-0.4, -0.2) is 38.7 Å². The van der Waals surface area contributed by atoms with E-state index in [1.807, 2.05) is 6.08 Å². The molecule has 0 saturated carbocycles. The van der Waals surface area contributed by atoms with Crippen molar-refractivity contribution in [1.29, 1.82) is 0 Å². The zero-order valence-electron chi connectivity index (χ0n) is 9.26. The Bertz CT molecular complexity index is 276. The number of hydrogen-bond donors (Lipinski definition) is 0. The van der Waals surface area contributed by atoms with Crippen LogP contribution < -0.4 is 0 Å². The Morgan fingerprint density at radius 2 is 2.44 bits per heavy atom. The number of carbonyl (C=O) groups is 1. The Hall–Kier alpha value is -1.23. The van der Waals surface area contributed by atoms with E-state index >= 15 is 0 Å². The molecule has 0 N–H and O–H groups in total. The Morgan fingerprint density at radius 3 is 3.25 bits per heavy atom. The molecule has 1 fully saturated rings. The first-order valence-electron chi connectivity index (χ1n) is 5.45. The minimum atomic E-state index is -0.626. The summed E-state index contributed by atoms with van der Waals surface area (Å²) in [6.07, 6.45) is 5.02. The lowest BCUT2D eigenvalue weighted by Crippen LogP contribution is -2.23. The van der Waals surface area contributed by atoms with Gasteiger partial charge in [-0.2, -0.15) is 0 Å². The standard InChI is InChI=1S/C11H16O5/c1-13-11(12)15-5-2-3-8-7-16-9-4-6-14-10(8)9/h4,6,8-10H,2-3,5,7H2,1H3/t8?,9-,10-/m1/s1. The van der Waals surface area contributed by atoms with E-state index in [2.05, 4.69) is 4.74 Å². The zero-order chi connectivity index (χ0) is 11.4. The average molecular weight is 228 g/mol. The molecule has 0 aromatic rings. The fraction of sp³-hybridized carbons (Fsp3) is 0.727. The first kappa shape index (κ1) is 11.3. The van der Waals surface area contributed by atoms with Gasteiger partial charge in [0.1, 0.15) is 12.2 Å². The Kier molecular flexibility index (Phi) is 3.66. The Morgan fingerprint density at radius 1 is 1.56 bits per heavy atom. The number of rotatable bonds is 4. The molecule has 5 heteroatoms. The van der Waals surface area contributed by atoms with Gasteiger partial charge in [0.25, 0.3) is 0 Å². The zero-order valence-corrected chi connectivity index (χ0v) is 9.26. The molecule has 2 heterocycles. The molecular weight excluding hydrogens is 212 g/mol. The topological polar surface area (TPSA) is 54.0 Å². The third-order valence-corrected chi connectivity index (χ3v) is 2.90. The smallest absolute Gasteiger partial charge is 0.495 e. The van der Waals surface area contributed by atoms with Gasteiger partial charge < -0.3 is 18.9 Å². The minimum absolute atomic E-state index is 0.117. The van der Waals surface area contributed by atoms with Gasteiger partial charge in [-0.3, -0.25) is 0 Å². The van der Waals surface area contributed by atoms with Crippen molar-refractivity contribution in [2.45, 2.75) is 25.0 Å². The molecule has 0 amide bonds. The molecule has 0 aromatic carbocycles. The summed E-state index contributed by atoms with van der Waals surface area (Å²) >= 11 is 0. The summed E-state index contributed by atoms with van der Waals surface area (Å²) < 4.78 is 20.2. The summed E-state index contributed by atoms with van der Waals surface area (Å²) in [6, 6.07) is 0. The van der Waals surface area contributed by atoms with Crippen LogP contribution in [0.5, 0.6) is 0 Å². The van der Waals surface area contributed by atoms with Crippen molar-refractivity contribution in [2.24, 2.45) is 5.92 Å². The van der Waals surface area contributed by atoms with E-state index < -0.39 is 6.16 Å². The van der Waals surface area contributed by atoms with Gasteiger partial charge in [0.15, 0.2) is 0 Å². The summed E-state index contributed by atoms with van der Waals surface area (Å²) in [7, 11) is 1.30. The summed E-state index contributed by atoms with van der Waals surface area (Å²) in [6.45, 7) is 1.10. The third-order valence-electron chi connectivity index (χ3n) is 2.90. The second kappa shape index (κ2) is 5.21. The van der Waals surface area contributed by atoms with Crippen LogP contribution in [0.2, 0.25) is 0 Å². The molecule has 2 aliphatic heterocycles. The lowest BCUT2D eigenvalue weighted by Gasteiger charge is -2.15. The van der Waals surface area contributed by atoms with E-state index in [4.69, 9.17) is 14.2 Å². The summed E-state index contributed by atoms with van der Waals surface area (Å²) in [4.78, 5) is 10.7. The maximum atomic E-state index is 10.7. The van der Waals surface area contributed by atoms with E-state index in [0.717, 1.165) is 19.4 Å². The van der Waals surface area contributed by atoms with Crippen molar-refractivity contribution in [3.63, 3.8) is 0 Å². The van der Waals surface area contributed by atoms with E-state index in [-0.39, 0.29) is 12.2 Å². The molecule has 0 aliphatic carbocycles. The van der Waals surface area contributed by atoms with E-state index in [0.29, 0.717) is 12.5 Å². The van der Waals surface area contributed by atoms with E-state index in [1.54, 1.807) is 6.26 Å². The first-order valence-corrected chi connectivity index (χ1v) is 5.45. The van der Waals surface area contributed by atoms with Crippen molar-refractivity contribution in [3.05, 3.63) is 12.3 Å². The molecule has 0 bridgehead atoms. The second-order valence-corrected chi connectivity index (χ2v) is 3.93. The molecule has 0 spiro atoms. The van der Waals surface area contributed by atoms with Gasteiger partial charge in [-0.1, -0.05) is 0 Å². The molecule has 3 atom stereocenters. The van der Waals surface area contributed by atoms with Crippen LogP contribution in [0.15, 0.2) is 12.3 Å². The van der Waals surface area contributed by atoms with Gasteiger partial charge in [0, 0.05) is 5.92 Å². The van der Waals surface area contributed by atoms with Gasteiger partial charge in [-0.05, 0) is 18.9 Å². The molecule has 16 heavy (non-hydrogen) atoms. The monoisotopic (exact) mass is 228 g/mol. The summed E-state index contributed by atoms with van der Waals surface area (Å²) in [5.41, 5.74) is 0. The predicted octanol–water partition coefficient (Wildman–Crippen LogP) is 1.48. The molecule has 0 radical (unpaired) electrons. The van der Waals surface area contributed by atoms with E-state index in [1.165, 1.54) is 7.11 Å². The fourth-order valence-corrected chi connectivity index (χ4v) is 2.07. The maximum Gasteiger partial charge on any atom is 0.507 e. The van der Waals surface area contributed by atoms with Crippen LogP contribution in [0, 0.1) is 5.92 Å². The molecule has 5 nitrogen and oxygen atoms in total. The van der Waals surface area contributed by atoms with Crippen LogP contribution in [0.25, 0.3) is 0 Å². The van der Waals surface area contributed by atoms with Crippen LogP contribution in [0.4, 0.5) is 4.79 Å². The van der Waals surface area contributed by atoms with Gasteiger partial charge >= 0.3 is 6.16 Å². The van der Waals surface area contributed by atoms with E-state index in [9.17, 15) is 4.79 Å². The van der Waals surface area contributed by atoms with Gasteiger partial charge in [-0.15, -0.1) is 0 Å². The minimum Gasteiger partial charge on any atom is -0.495 e. The number of ether oxygens (including phenoxy) is 4.